The first-order chi connectivity index (χ1) is 13.0. The maximum atomic E-state index is 12.9. The molecule has 1 aromatic carbocycles. The molecule has 142 valence electrons. The first-order valence-corrected chi connectivity index (χ1v) is 10.0. The maximum absolute atomic E-state index is 12.9. The van der Waals surface area contributed by atoms with Gasteiger partial charge in [0.25, 0.3) is 5.56 Å². The van der Waals surface area contributed by atoms with E-state index < -0.39 is 5.69 Å². The van der Waals surface area contributed by atoms with Gasteiger partial charge in [0, 0.05) is 24.6 Å². The van der Waals surface area contributed by atoms with Crippen LogP contribution in [-0.2, 0) is 14.1 Å². The summed E-state index contributed by atoms with van der Waals surface area (Å²) in [7, 11) is 3.13. The molecule has 0 spiro atoms. The Morgan fingerprint density at radius 2 is 1.70 bits per heavy atom. The Kier molecular flexibility index (Phi) is 4.72. The van der Waals surface area contributed by atoms with Crippen LogP contribution in [0.1, 0.15) is 32.1 Å². The van der Waals surface area contributed by atoms with Gasteiger partial charge in [0.15, 0.2) is 0 Å². The van der Waals surface area contributed by atoms with Crippen LogP contribution in [0, 0.1) is 0 Å². The van der Waals surface area contributed by atoms with Gasteiger partial charge in [-0.05, 0) is 30.5 Å². The highest BCUT2D eigenvalue weighted by Crippen LogP contribution is 2.38. The molecule has 0 radical (unpaired) electrons. The minimum Gasteiger partial charge on any atom is -0.423 e. The van der Waals surface area contributed by atoms with E-state index in [1.54, 1.807) is 7.05 Å². The van der Waals surface area contributed by atoms with Crippen LogP contribution in [0.15, 0.2) is 42.7 Å². The van der Waals surface area contributed by atoms with Crippen molar-refractivity contribution in [3.05, 3.63) is 49.6 Å². The van der Waals surface area contributed by atoms with Crippen molar-refractivity contribution in [2.24, 2.45) is 14.1 Å². The van der Waals surface area contributed by atoms with E-state index in [2.05, 4.69) is 21.2 Å². The fraction of sp³-hybridized carbons (Fsp3) is 0.400. The normalized spacial score (nSPS) is 15.4. The lowest BCUT2D eigenvalue weighted by atomic mass is 9.95. The predicted octanol–water partition coefficient (Wildman–Crippen LogP) is 4.00. The highest BCUT2D eigenvalue weighted by atomic mass is 79.9. The zero-order chi connectivity index (χ0) is 19.1. The zero-order valence-corrected chi connectivity index (χ0v) is 17.0. The van der Waals surface area contributed by atoms with Crippen molar-refractivity contribution < 1.29 is 4.42 Å². The van der Waals surface area contributed by atoms with Crippen LogP contribution in [0.4, 0.5) is 5.88 Å². The molecule has 0 bridgehead atoms. The molecule has 2 heterocycles. The van der Waals surface area contributed by atoms with Gasteiger partial charge in [-0.25, -0.2) is 4.79 Å². The van der Waals surface area contributed by atoms with Crippen molar-refractivity contribution in [2.75, 3.05) is 5.32 Å². The average molecular weight is 432 g/mol. The number of rotatable bonds is 3. The van der Waals surface area contributed by atoms with E-state index in [-0.39, 0.29) is 5.56 Å². The molecule has 1 aliphatic rings. The lowest BCUT2D eigenvalue weighted by Gasteiger charge is -2.23. The van der Waals surface area contributed by atoms with Crippen LogP contribution in [-0.4, -0.2) is 15.2 Å². The van der Waals surface area contributed by atoms with Gasteiger partial charge in [-0.1, -0.05) is 47.3 Å². The second kappa shape index (κ2) is 7.03. The molecule has 2 aromatic heterocycles. The van der Waals surface area contributed by atoms with Gasteiger partial charge in [-0.3, -0.25) is 13.9 Å². The van der Waals surface area contributed by atoms with Gasteiger partial charge >= 0.3 is 5.69 Å². The second-order valence-corrected chi connectivity index (χ2v) is 8.09. The summed E-state index contributed by atoms with van der Waals surface area (Å²) in [5.74, 6) is 0.567. The number of aromatic nitrogens is 2. The molecule has 1 saturated carbocycles. The van der Waals surface area contributed by atoms with Crippen molar-refractivity contribution in [3.8, 4) is 11.1 Å². The number of halogens is 1. The molecular formula is C20H22BrN3O3. The van der Waals surface area contributed by atoms with Crippen LogP contribution in [0.3, 0.4) is 0 Å². The molecule has 0 amide bonds. The lowest BCUT2D eigenvalue weighted by molar-refractivity contribution is 0.452. The quantitative estimate of drug-likeness (QED) is 0.679. The van der Waals surface area contributed by atoms with Crippen LogP contribution in [0.5, 0.6) is 0 Å². The second-order valence-electron chi connectivity index (χ2n) is 7.18. The largest absolute Gasteiger partial charge is 0.423 e. The summed E-state index contributed by atoms with van der Waals surface area (Å²) in [6.07, 6.45) is 5.78. The van der Waals surface area contributed by atoms with Crippen molar-refractivity contribution in [1.82, 2.24) is 9.13 Å². The molecule has 0 saturated heterocycles. The van der Waals surface area contributed by atoms with Crippen LogP contribution >= 0.6 is 15.9 Å². The first kappa shape index (κ1) is 18.1. The number of fused-ring (bicyclic) bond motifs is 1. The van der Waals surface area contributed by atoms with Gasteiger partial charge in [-0.2, -0.15) is 0 Å². The van der Waals surface area contributed by atoms with Crippen LogP contribution in [0.25, 0.3) is 22.2 Å². The summed E-state index contributed by atoms with van der Waals surface area (Å²) in [5, 5.41) is 3.93. The van der Waals surface area contributed by atoms with E-state index in [0.29, 0.717) is 23.0 Å². The van der Waals surface area contributed by atoms with E-state index in [9.17, 15) is 9.59 Å². The number of furan rings is 1. The minimum atomic E-state index is -0.396. The third-order valence-corrected chi connectivity index (χ3v) is 5.89. The van der Waals surface area contributed by atoms with E-state index in [4.69, 9.17) is 4.42 Å². The number of hydrogen-bond donors (Lipinski definition) is 1. The minimum absolute atomic E-state index is 0.305. The summed E-state index contributed by atoms with van der Waals surface area (Å²) in [4.78, 5) is 25.3. The summed E-state index contributed by atoms with van der Waals surface area (Å²) in [6.45, 7) is 0. The standard InChI is InChI=1S/C20H22BrN3O3/c1-23-18(25)16-15(12-8-10-13(21)11-9-12)17(22-14-6-4-3-5-7-14)27-19(16)24(2)20(23)26/h8-11,14,22H,3-7H2,1-2H3. The maximum Gasteiger partial charge on any atom is 0.333 e. The molecule has 4 rings (SSSR count). The molecule has 1 N–H and O–H groups in total. The van der Waals surface area contributed by atoms with Crippen molar-refractivity contribution >= 4 is 32.9 Å². The smallest absolute Gasteiger partial charge is 0.333 e. The number of nitrogens with one attached hydrogen (secondary N) is 1. The molecule has 1 aliphatic carbocycles. The zero-order valence-electron chi connectivity index (χ0n) is 15.4. The van der Waals surface area contributed by atoms with Gasteiger partial charge in [0.2, 0.25) is 11.6 Å². The highest BCUT2D eigenvalue weighted by Gasteiger charge is 2.25. The summed E-state index contributed by atoms with van der Waals surface area (Å²) < 4.78 is 9.54. The Morgan fingerprint density at radius 1 is 1.04 bits per heavy atom. The molecule has 6 nitrogen and oxygen atoms in total. The fourth-order valence-corrected chi connectivity index (χ4v) is 4.11. The summed E-state index contributed by atoms with van der Waals surface area (Å²) >= 11 is 3.45. The van der Waals surface area contributed by atoms with E-state index in [1.807, 2.05) is 24.3 Å². The van der Waals surface area contributed by atoms with E-state index >= 15 is 0 Å². The van der Waals surface area contributed by atoms with Crippen molar-refractivity contribution in [2.45, 2.75) is 38.1 Å². The highest BCUT2D eigenvalue weighted by molar-refractivity contribution is 9.10. The van der Waals surface area contributed by atoms with Crippen molar-refractivity contribution in [1.29, 1.82) is 0 Å². The molecule has 7 heteroatoms. The number of hydrogen-bond acceptors (Lipinski definition) is 4. The fourth-order valence-electron chi connectivity index (χ4n) is 3.85. The van der Waals surface area contributed by atoms with Gasteiger partial charge in [0.1, 0.15) is 5.39 Å². The number of benzene rings is 1. The Morgan fingerprint density at radius 3 is 2.37 bits per heavy atom. The van der Waals surface area contributed by atoms with Gasteiger partial charge in [-0.15, -0.1) is 0 Å². The lowest BCUT2D eigenvalue weighted by Crippen LogP contribution is -2.36. The van der Waals surface area contributed by atoms with Gasteiger partial charge in [0.05, 0.1) is 5.56 Å². The molecule has 0 aliphatic heterocycles. The van der Waals surface area contributed by atoms with E-state index in [0.717, 1.165) is 33.0 Å². The number of aryl methyl sites for hydroxylation is 1. The number of anilines is 1. The predicted molar refractivity (Wildman–Crippen MR) is 110 cm³/mol. The Balaban J connectivity index is 1.98. The average Bonchev–Trinajstić information content (AvgIpc) is 3.05. The molecule has 27 heavy (non-hydrogen) atoms. The third-order valence-electron chi connectivity index (χ3n) is 5.36. The SMILES string of the molecule is Cn1c(=O)c2c(-c3ccc(Br)cc3)c(NC3CCCCC3)oc2n(C)c1=O. The summed E-state index contributed by atoms with van der Waals surface area (Å²) in [6, 6.07) is 8.08. The monoisotopic (exact) mass is 431 g/mol. The third kappa shape index (κ3) is 3.14. The Labute approximate surface area is 164 Å². The Hall–Kier alpha value is -2.28. The first-order valence-electron chi connectivity index (χ1n) is 9.22. The molecule has 0 atom stereocenters. The van der Waals surface area contributed by atoms with E-state index in [1.165, 1.54) is 30.9 Å². The van der Waals surface area contributed by atoms with Crippen LogP contribution < -0.4 is 16.6 Å². The summed E-state index contributed by atoms with van der Waals surface area (Å²) in [5.41, 5.74) is 1.17. The Bertz CT molecular complexity index is 1100. The molecule has 1 fully saturated rings. The van der Waals surface area contributed by atoms with Crippen LogP contribution in [0.2, 0.25) is 0 Å². The number of nitrogens with zero attached hydrogens (tertiary/aromatic N) is 2. The molecular weight excluding hydrogens is 410 g/mol. The topological polar surface area (TPSA) is 69.2 Å². The molecule has 3 aromatic rings. The molecule has 0 unspecified atom stereocenters. The van der Waals surface area contributed by atoms with Crippen molar-refractivity contribution in [3.63, 3.8) is 0 Å². The van der Waals surface area contributed by atoms with Gasteiger partial charge < -0.3 is 9.73 Å².